The second-order valence-corrected chi connectivity index (χ2v) is 5.90. The highest BCUT2D eigenvalue weighted by Gasteiger charge is 2.27. The number of aryl methyl sites for hydroxylation is 1. The Morgan fingerprint density at radius 1 is 1.24 bits per heavy atom. The molecule has 1 aliphatic rings. The molecular formula is C16H21F2NO2. The zero-order valence-corrected chi connectivity index (χ0v) is 12.3. The summed E-state index contributed by atoms with van der Waals surface area (Å²) in [6.07, 6.45) is 2.75. The van der Waals surface area contributed by atoms with E-state index < -0.39 is 17.6 Å². The zero-order chi connectivity index (χ0) is 15.6. The predicted molar refractivity (Wildman–Crippen MR) is 76.0 cm³/mol. The van der Waals surface area contributed by atoms with Crippen molar-refractivity contribution in [3.05, 3.63) is 34.9 Å². The minimum Gasteiger partial charge on any atom is -0.481 e. The van der Waals surface area contributed by atoms with Gasteiger partial charge >= 0.3 is 5.97 Å². The molecule has 2 rings (SSSR count). The van der Waals surface area contributed by atoms with Crippen molar-refractivity contribution in [1.29, 1.82) is 0 Å². The van der Waals surface area contributed by atoms with Gasteiger partial charge in [-0.15, -0.1) is 0 Å². The number of carbonyl (C=O) groups is 1. The second-order valence-electron chi connectivity index (χ2n) is 5.90. The van der Waals surface area contributed by atoms with Crippen LogP contribution in [0.1, 0.15) is 49.8 Å². The Kier molecular flexibility index (Phi) is 4.93. The van der Waals surface area contributed by atoms with Gasteiger partial charge in [-0.05, 0) is 57.2 Å². The van der Waals surface area contributed by atoms with Gasteiger partial charge in [0.2, 0.25) is 0 Å². The number of nitrogens with one attached hydrogen (secondary N) is 1. The van der Waals surface area contributed by atoms with Crippen molar-refractivity contribution in [2.75, 3.05) is 0 Å². The molecule has 1 aromatic carbocycles. The smallest absolute Gasteiger partial charge is 0.306 e. The first-order valence-electron chi connectivity index (χ1n) is 7.33. The predicted octanol–water partition coefficient (Wildman–Crippen LogP) is 3.57. The average Bonchev–Trinajstić information content (AvgIpc) is 2.43. The summed E-state index contributed by atoms with van der Waals surface area (Å²) in [6.45, 7) is 3.34. The lowest BCUT2D eigenvalue weighted by Crippen LogP contribution is -2.36. The van der Waals surface area contributed by atoms with Gasteiger partial charge in [0.25, 0.3) is 0 Å². The molecule has 5 heteroatoms. The van der Waals surface area contributed by atoms with Gasteiger partial charge in [-0.2, -0.15) is 0 Å². The lowest BCUT2D eigenvalue weighted by molar-refractivity contribution is -0.142. The molecule has 21 heavy (non-hydrogen) atoms. The number of benzene rings is 1. The molecule has 1 atom stereocenters. The second kappa shape index (κ2) is 6.52. The molecule has 2 N–H and O–H groups in total. The van der Waals surface area contributed by atoms with Gasteiger partial charge in [0.15, 0.2) is 0 Å². The topological polar surface area (TPSA) is 49.3 Å². The van der Waals surface area contributed by atoms with Gasteiger partial charge in [0, 0.05) is 17.6 Å². The van der Waals surface area contributed by atoms with Crippen molar-refractivity contribution in [2.24, 2.45) is 5.92 Å². The molecule has 0 bridgehead atoms. The van der Waals surface area contributed by atoms with E-state index in [1.165, 1.54) is 19.1 Å². The maximum absolute atomic E-state index is 13.9. The molecule has 1 fully saturated rings. The third kappa shape index (κ3) is 3.79. The summed E-state index contributed by atoms with van der Waals surface area (Å²) in [5.41, 5.74) is 0.615. The van der Waals surface area contributed by atoms with E-state index in [9.17, 15) is 13.6 Å². The van der Waals surface area contributed by atoms with Crippen LogP contribution in [0.2, 0.25) is 0 Å². The number of carboxylic acid groups (broad SMARTS) is 1. The Bertz CT molecular complexity index is 525. The third-order valence-corrected chi connectivity index (χ3v) is 4.31. The van der Waals surface area contributed by atoms with Crippen LogP contribution >= 0.6 is 0 Å². The van der Waals surface area contributed by atoms with E-state index in [1.807, 2.05) is 0 Å². The minimum atomic E-state index is -0.742. The summed E-state index contributed by atoms with van der Waals surface area (Å²) in [4.78, 5) is 10.9. The molecule has 116 valence electrons. The quantitative estimate of drug-likeness (QED) is 0.893. The number of rotatable bonds is 4. The Balaban J connectivity index is 1.98. The van der Waals surface area contributed by atoms with Gasteiger partial charge in [-0.1, -0.05) is 0 Å². The highest BCUT2D eigenvalue weighted by Crippen LogP contribution is 2.27. The van der Waals surface area contributed by atoms with E-state index in [2.05, 4.69) is 5.32 Å². The van der Waals surface area contributed by atoms with Crippen LogP contribution in [0.15, 0.2) is 12.1 Å². The van der Waals surface area contributed by atoms with Crippen molar-refractivity contribution < 1.29 is 18.7 Å². The fraction of sp³-hybridized carbons (Fsp3) is 0.562. The van der Waals surface area contributed by atoms with E-state index in [0.29, 0.717) is 24.0 Å². The molecule has 0 heterocycles. The Labute approximate surface area is 123 Å². The monoisotopic (exact) mass is 297 g/mol. The van der Waals surface area contributed by atoms with Crippen molar-refractivity contribution in [3.63, 3.8) is 0 Å². The van der Waals surface area contributed by atoms with Crippen LogP contribution < -0.4 is 5.32 Å². The Morgan fingerprint density at radius 3 is 2.43 bits per heavy atom. The normalized spacial score (nSPS) is 23.8. The first-order chi connectivity index (χ1) is 9.88. The number of hydrogen-bond acceptors (Lipinski definition) is 2. The van der Waals surface area contributed by atoms with Gasteiger partial charge < -0.3 is 10.4 Å². The van der Waals surface area contributed by atoms with Gasteiger partial charge in [-0.25, -0.2) is 8.78 Å². The van der Waals surface area contributed by atoms with E-state index in [1.54, 1.807) is 6.92 Å². The summed E-state index contributed by atoms with van der Waals surface area (Å²) < 4.78 is 27.5. The largest absolute Gasteiger partial charge is 0.481 e. The molecule has 1 saturated carbocycles. The highest BCUT2D eigenvalue weighted by molar-refractivity contribution is 5.70. The summed E-state index contributed by atoms with van der Waals surface area (Å²) in [5.74, 6) is -1.83. The van der Waals surface area contributed by atoms with Crippen LogP contribution in [-0.2, 0) is 4.79 Å². The summed E-state index contributed by atoms with van der Waals surface area (Å²) in [5, 5.41) is 12.2. The lowest BCUT2D eigenvalue weighted by atomic mass is 9.85. The third-order valence-electron chi connectivity index (χ3n) is 4.31. The maximum Gasteiger partial charge on any atom is 0.306 e. The first kappa shape index (κ1) is 15.9. The molecule has 0 aliphatic heterocycles. The van der Waals surface area contributed by atoms with E-state index >= 15 is 0 Å². The van der Waals surface area contributed by atoms with Crippen molar-refractivity contribution in [3.8, 4) is 0 Å². The SMILES string of the molecule is Cc1cc(F)c(C(C)NC2CCC(C(=O)O)CC2)cc1F. The Hall–Kier alpha value is -1.49. The standard InChI is InChI=1S/C16H21F2NO2/c1-9-7-15(18)13(8-14(9)17)10(2)19-12-5-3-11(4-6-12)16(20)21/h7-8,10-12,19H,3-6H2,1-2H3,(H,20,21). The van der Waals surface area contributed by atoms with E-state index in [0.717, 1.165) is 12.8 Å². The molecule has 0 radical (unpaired) electrons. The van der Waals surface area contributed by atoms with Gasteiger partial charge in [-0.3, -0.25) is 4.79 Å². The molecule has 0 saturated heterocycles. The van der Waals surface area contributed by atoms with E-state index in [4.69, 9.17) is 5.11 Å². The number of hydrogen-bond donors (Lipinski definition) is 2. The summed E-state index contributed by atoms with van der Waals surface area (Å²) in [6, 6.07) is 2.31. The Morgan fingerprint density at radius 2 is 1.86 bits per heavy atom. The van der Waals surface area contributed by atoms with Crippen LogP contribution in [0.25, 0.3) is 0 Å². The minimum absolute atomic E-state index is 0.152. The van der Waals surface area contributed by atoms with Crippen LogP contribution in [0, 0.1) is 24.5 Å². The van der Waals surface area contributed by atoms with Gasteiger partial charge in [0.1, 0.15) is 11.6 Å². The van der Waals surface area contributed by atoms with Crippen molar-refractivity contribution in [1.82, 2.24) is 5.32 Å². The summed E-state index contributed by atoms with van der Waals surface area (Å²) in [7, 11) is 0. The van der Waals surface area contributed by atoms with Crippen molar-refractivity contribution in [2.45, 2.75) is 51.6 Å². The highest BCUT2D eigenvalue weighted by atomic mass is 19.1. The number of aliphatic carboxylic acids is 1. The molecular weight excluding hydrogens is 276 g/mol. The molecule has 1 aliphatic carbocycles. The fourth-order valence-electron chi connectivity index (χ4n) is 2.94. The summed E-state index contributed by atoms with van der Waals surface area (Å²) >= 11 is 0. The lowest BCUT2D eigenvalue weighted by Gasteiger charge is -2.29. The molecule has 0 spiro atoms. The molecule has 0 aromatic heterocycles. The van der Waals surface area contributed by atoms with Gasteiger partial charge in [0.05, 0.1) is 5.92 Å². The maximum atomic E-state index is 13.9. The fourth-order valence-corrected chi connectivity index (χ4v) is 2.94. The van der Waals surface area contributed by atoms with Crippen molar-refractivity contribution >= 4 is 5.97 Å². The molecule has 3 nitrogen and oxygen atoms in total. The van der Waals surface area contributed by atoms with Crippen LogP contribution in [-0.4, -0.2) is 17.1 Å². The molecule has 0 amide bonds. The molecule has 1 unspecified atom stereocenters. The molecule has 1 aromatic rings. The zero-order valence-electron chi connectivity index (χ0n) is 12.3. The first-order valence-corrected chi connectivity index (χ1v) is 7.33. The van der Waals surface area contributed by atoms with Crippen LogP contribution in [0.5, 0.6) is 0 Å². The number of carboxylic acids is 1. The van der Waals surface area contributed by atoms with Crippen LogP contribution in [0.4, 0.5) is 8.78 Å². The number of halogens is 2. The van der Waals surface area contributed by atoms with Crippen LogP contribution in [0.3, 0.4) is 0 Å². The van der Waals surface area contributed by atoms with E-state index in [-0.39, 0.29) is 18.0 Å². The average molecular weight is 297 g/mol.